The highest BCUT2D eigenvalue weighted by molar-refractivity contribution is 7.22. The summed E-state index contributed by atoms with van der Waals surface area (Å²) in [7, 11) is 1.62. The molecular formula is C20H20FN3O2S. The van der Waals surface area contributed by atoms with Crippen molar-refractivity contribution in [3.8, 4) is 5.75 Å². The van der Waals surface area contributed by atoms with Crippen molar-refractivity contribution in [2.45, 2.75) is 12.8 Å². The Labute approximate surface area is 160 Å². The molecule has 2 aromatic carbocycles. The summed E-state index contributed by atoms with van der Waals surface area (Å²) in [4.78, 5) is 19.1. The van der Waals surface area contributed by atoms with Crippen LogP contribution in [0.3, 0.4) is 0 Å². The van der Waals surface area contributed by atoms with Crippen LogP contribution in [0.2, 0.25) is 0 Å². The molecule has 5 nitrogen and oxygen atoms in total. The number of para-hydroxylation sites is 1. The molecule has 0 unspecified atom stereocenters. The number of piperidine rings is 1. The molecule has 1 N–H and O–H groups in total. The number of thiazole rings is 1. The van der Waals surface area contributed by atoms with Crippen molar-refractivity contribution >= 4 is 38.3 Å². The third-order valence-electron chi connectivity index (χ3n) is 4.88. The smallest absolute Gasteiger partial charge is 0.229 e. The summed E-state index contributed by atoms with van der Waals surface area (Å²) in [5.41, 5.74) is 1.45. The average Bonchev–Trinajstić information content (AvgIpc) is 3.09. The van der Waals surface area contributed by atoms with E-state index < -0.39 is 0 Å². The minimum absolute atomic E-state index is 0.0193. The van der Waals surface area contributed by atoms with E-state index in [4.69, 9.17) is 4.74 Å². The third kappa shape index (κ3) is 3.73. The maximum atomic E-state index is 13.9. The van der Waals surface area contributed by atoms with E-state index in [-0.39, 0.29) is 17.6 Å². The first-order chi connectivity index (χ1) is 13.1. The Kier molecular flexibility index (Phi) is 4.94. The molecule has 7 heteroatoms. The van der Waals surface area contributed by atoms with Gasteiger partial charge in [-0.05, 0) is 43.2 Å². The topological polar surface area (TPSA) is 54.5 Å². The quantitative estimate of drug-likeness (QED) is 0.728. The Bertz CT molecular complexity index is 967. The normalized spacial score (nSPS) is 15.1. The maximum Gasteiger partial charge on any atom is 0.229 e. The molecule has 1 aliphatic rings. The number of aromatic nitrogens is 1. The van der Waals surface area contributed by atoms with Gasteiger partial charge >= 0.3 is 0 Å². The number of hydrogen-bond donors (Lipinski definition) is 1. The number of carbonyl (C=O) groups excluding carboxylic acids is 1. The first-order valence-electron chi connectivity index (χ1n) is 8.89. The number of carbonyl (C=O) groups is 1. The maximum absolute atomic E-state index is 13.9. The third-order valence-corrected chi connectivity index (χ3v) is 5.82. The van der Waals surface area contributed by atoms with E-state index in [1.807, 2.05) is 29.2 Å². The zero-order valence-electron chi connectivity index (χ0n) is 14.9. The molecule has 0 bridgehead atoms. The molecule has 0 aliphatic carbocycles. The van der Waals surface area contributed by atoms with Crippen LogP contribution in [0.1, 0.15) is 12.8 Å². The Hall–Kier alpha value is -2.67. The van der Waals surface area contributed by atoms with Crippen LogP contribution in [0, 0.1) is 11.7 Å². The number of amides is 1. The van der Waals surface area contributed by atoms with Crippen LogP contribution in [0.15, 0.2) is 42.5 Å². The molecule has 0 spiro atoms. The fraction of sp³-hybridized carbons (Fsp3) is 0.300. The summed E-state index contributed by atoms with van der Waals surface area (Å²) in [5.74, 6) is 0.443. The largest absolute Gasteiger partial charge is 0.497 e. The molecule has 1 fully saturated rings. The Morgan fingerprint density at radius 3 is 2.78 bits per heavy atom. The zero-order valence-corrected chi connectivity index (χ0v) is 15.8. The highest BCUT2D eigenvalue weighted by Gasteiger charge is 2.26. The fourth-order valence-corrected chi connectivity index (χ4v) is 4.28. The van der Waals surface area contributed by atoms with Gasteiger partial charge in [0.15, 0.2) is 5.13 Å². The van der Waals surface area contributed by atoms with Gasteiger partial charge in [-0.3, -0.25) is 4.79 Å². The number of halogens is 1. The molecule has 1 saturated heterocycles. The van der Waals surface area contributed by atoms with Gasteiger partial charge in [-0.15, -0.1) is 0 Å². The minimum Gasteiger partial charge on any atom is -0.497 e. The number of benzene rings is 2. The molecule has 1 aromatic heterocycles. The number of methoxy groups -OCH3 is 1. The summed E-state index contributed by atoms with van der Waals surface area (Å²) < 4.78 is 20.1. The number of nitrogens with zero attached hydrogens (tertiary/aromatic N) is 2. The SMILES string of the molecule is COc1ccc2nc(NC(=O)C3CCN(c4ccccc4F)CC3)sc2c1. The highest BCUT2D eigenvalue weighted by Crippen LogP contribution is 2.31. The van der Waals surface area contributed by atoms with Gasteiger partial charge in [-0.2, -0.15) is 0 Å². The van der Waals surface area contributed by atoms with Crippen molar-refractivity contribution in [1.82, 2.24) is 4.98 Å². The number of anilines is 2. The predicted molar refractivity (Wildman–Crippen MR) is 106 cm³/mol. The summed E-state index contributed by atoms with van der Waals surface area (Å²) >= 11 is 1.44. The molecule has 1 aliphatic heterocycles. The lowest BCUT2D eigenvalue weighted by Gasteiger charge is -2.33. The molecule has 0 saturated carbocycles. The van der Waals surface area contributed by atoms with Crippen LogP contribution in [0.5, 0.6) is 5.75 Å². The lowest BCUT2D eigenvalue weighted by Crippen LogP contribution is -2.38. The van der Waals surface area contributed by atoms with E-state index in [1.165, 1.54) is 17.4 Å². The first-order valence-corrected chi connectivity index (χ1v) is 9.70. The zero-order chi connectivity index (χ0) is 18.8. The second-order valence-electron chi connectivity index (χ2n) is 6.55. The van der Waals surface area contributed by atoms with Crippen LogP contribution >= 0.6 is 11.3 Å². The Morgan fingerprint density at radius 2 is 2.04 bits per heavy atom. The van der Waals surface area contributed by atoms with Gasteiger partial charge < -0.3 is 15.0 Å². The van der Waals surface area contributed by atoms with Crippen LogP contribution in [-0.2, 0) is 4.79 Å². The second kappa shape index (κ2) is 7.52. The van der Waals surface area contributed by atoms with E-state index in [0.717, 1.165) is 16.0 Å². The van der Waals surface area contributed by atoms with Crippen molar-refractivity contribution in [2.24, 2.45) is 5.92 Å². The van der Waals surface area contributed by atoms with Crippen LogP contribution < -0.4 is 15.0 Å². The number of ether oxygens (including phenoxy) is 1. The van der Waals surface area contributed by atoms with Gasteiger partial charge in [-0.1, -0.05) is 23.5 Å². The van der Waals surface area contributed by atoms with Crippen molar-refractivity contribution in [1.29, 1.82) is 0 Å². The fourth-order valence-electron chi connectivity index (χ4n) is 3.38. The number of rotatable bonds is 4. The van der Waals surface area contributed by atoms with Crippen LogP contribution in [0.4, 0.5) is 15.2 Å². The average molecular weight is 385 g/mol. The van der Waals surface area contributed by atoms with E-state index in [2.05, 4.69) is 10.3 Å². The molecule has 140 valence electrons. The molecule has 4 rings (SSSR count). The van der Waals surface area contributed by atoms with E-state index in [0.29, 0.717) is 36.8 Å². The highest BCUT2D eigenvalue weighted by atomic mass is 32.1. The summed E-state index contributed by atoms with van der Waals surface area (Å²) in [6.07, 6.45) is 1.39. The Morgan fingerprint density at radius 1 is 1.26 bits per heavy atom. The second-order valence-corrected chi connectivity index (χ2v) is 7.59. The summed E-state index contributed by atoms with van der Waals surface area (Å²) in [6.45, 7) is 1.33. The molecule has 3 aromatic rings. The van der Waals surface area contributed by atoms with E-state index in [1.54, 1.807) is 19.2 Å². The first kappa shape index (κ1) is 17.7. The standard InChI is InChI=1S/C20H20FN3O2S/c1-26-14-6-7-16-18(12-14)27-20(22-16)23-19(25)13-8-10-24(11-9-13)17-5-3-2-4-15(17)21/h2-7,12-13H,8-11H2,1H3,(H,22,23,25). The molecule has 0 atom stereocenters. The molecule has 2 heterocycles. The lowest BCUT2D eigenvalue weighted by molar-refractivity contribution is -0.120. The molecule has 1 amide bonds. The van der Waals surface area contributed by atoms with Gasteiger partial charge in [0.2, 0.25) is 5.91 Å². The van der Waals surface area contributed by atoms with Crippen LogP contribution in [-0.4, -0.2) is 31.1 Å². The van der Waals surface area contributed by atoms with E-state index >= 15 is 0 Å². The molecule has 0 radical (unpaired) electrons. The predicted octanol–water partition coefficient (Wildman–Crippen LogP) is 4.30. The number of nitrogens with one attached hydrogen (secondary N) is 1. The van der Waals surface area contributed by atoms with Gasteiger partial charge in [0, 0.05) is 19.0 Å². The van der Waals surface area contributed by atoms with Gasteiger partial charge in [0.1, 0.15) is 11.6 Å². The van der Waals surface area contributed by atoms with Gasteiger partial charge in [0.25, 0.3) is 0 Å². The van der Waals surface area contributed by atoms with Crippen LogP contribution in [0.25, 0.3) is 10.2 Å². The number of hydrogen-bond acceptors (Lipinski definition) is 5. The Balaban J connectivity index is 1.39. The lowest BCUT2D eigenvalue weighted by atomic mass is 9.95. The molecule has 27 heavy (non-hydrogen) atoms. The van der Waals surface area contributed by atoms with Gasteiger partial charge in [-0.25, -0.2) is 9.37 Å². The summed E-state index contributed by atoms with van der Waals surface area (Å²) in [6, 6.07) is 12.4. The van der Waals surface area contributed by atoms with Crippen molar-refractivity contribution in [2.75, 3.05) is 30.4 Å². The monoisotopic (exact) mass is 385 g/mol. The minimum atomic E-state index is -0.217. The molecular weight excluding hydrogens is 365 g/mol. The van der Waals surface area contributed by atoms with Crippen molar-refractivity contribution < 1.29 is 13.9 Å². The number of fused-ring (bicyclic) bond motifs is 1. The van der Waals surface area contributed by atoms with E-state index in [9.17, 15) is 9.18 Å². The van der Waals surface area contributed by atoms with Crippen molar-refractivity contribution in [3.63, 3.8) is 0 Å². The summed E-state index contributed by atoms with van der Waals surface area (Å²) in [5, 5.41) is 3.54. The van der Waals surface area contributed by atoms with Crippen molar-refractivity contribution in [3.05, 3.63) is 48.3 Å². The van der Waals surface area contributed by atoms with Gasteiger partial charge in [0.05, 0.1) is 23.0 Å².